The summed E-state index contributed by atoms with van der Waals surface area (Å²) in [6, 6.07) is 20.2. The van der Waals surface area contributed by atoms with Gasteiger partial charge in [0, 0.05) is 44.0 Å². The van der Waals surface area contributed by atoms with E-state index in [1.54, 1.807) is 6.20 Å². The highest BCUT2D eigenvalue weighted by atomic mass is 16.6. The number of benzene rings is 2. The molecule has 0 radical (unpaired) electrons. The van der Waals surface area contributed by atoms with Crippen molar-refractivity contribution in [2.75, 3.05) is 19.7 Å². The maximum atomic E-state index is 12.5. The van der Waals surface area contributed by atoms with Crippen molar-refractivity contribution in [1.29, 1.82) is 0 Å². The Balaban J connectivity index is 1.40. The van der Waals surface area contributed by atoms with E-state index in [-0.39, 0.29) is 18.1 Å². The summed E-state index contributed by atoms with van der Waals surface area (Å²) in [6.45, 7) is 8.76. The van der Waals surface area contributed by atoms with E-state index in [0.717, 1.165) is 37.5 Å². The van der Waals surface area contributed by atoms with Crippen molar-refractivity contribution < 1.29 is 14.3 Å². The summed E-state index contributed by atoms with van der Waals surface area (Å²) in [6.07, 6.45) is 4.14. The molecule has 1 aliphatic rings. The molecule has 1 amide bonds. The Labute approximate surface area is 201 Å². The Kier molecular flexibility index (Phi) is 7.53. The molecule has 1 N–H and O–H groups in total. The predicted octanol–water partition coefficient (Wildman–Crippen LogP) is 4.67. The SMILES string of the molecule is CC(C)(C)OC(=O)NC1CCN(Cc2ccccc2)CC1COc1ccc(-n2cccn2)cc1. The lowest BCUT2D eigenvalue weighted by Gasteiger charge is -2.39. The van der Waals surface area contributed by atoms with Crippen molar-refractivity contribution in [3.05, 3.63) is 78.6 Å². The highest BCUT2D eigenvalue weighted by Crippen LogP contribution is 2.23. The number of rotatable bonds is 7. The van der Waals surface area contributed by atoms with Gasteiger partial charge in [-0.05, 0) is 63.1 Å². The number of carbonyl (C=O) groups is 1. The van der Waals surface area contributed by atoms with Crippen molar-refractivity contribution in [1.82, 2.24) is 20.0 Å². The first-order valence-electron chi connectivity index (χ1n) is 11.8. The molecule has 0 bridgehead atoms. The first kappa shape index (κ1) is 23.8. The Morgan fingerprint density at radius 3 is 2.53 bits per heavy atom. The van der Waals surface area contributed by atoms with Crippen molar-refractivity contribution in [2.45, 2.75) is 45.4 Å². The molecule has 2 unspecified atom stereocenters. The van der Waals surface area contributed by atoms with E-state index < -0.39 is 5.60 Å². The third kappa shape index (κ3) is 6.84. The van der Waals surface area contributed by atoms with Gasteiger partial charge < -0.3 is 14.8 Å². The summed E-state index contributed by atoms with van der Waals surface area (Å²) in [5, 5.41) is 7.35. The number of ether oxygens (including phenoxy) is 2. The smallest absolute Gasteiger partial charge is 0.407 e. The number of carbonyl (C=O) groups excluding carboxylic acids is 1. The van der Waals surface area contributed by atoms with E-state index in [2.05, 4.69) is 39.6 Å². The minimum Gasteiger partial charge on any atom is -0.493 e. The summed E-state index contributed by atoms with van der Waals surface area (Å²) in [4.78, 5) is 14.9. The molecule has 0 saturated carbocycles. The van der Waals surface area contributed by atoms with Crippen molar-refractivity contribution in [3.63, 3.8) is 0 Å². The normalized spacial score (nSPS) is 18.9. The number of nitrogens with one attached hydrogen (secondary N) is 1. The second kappa shape index (κ2) is 10.7. The minimum atomic E-state index is -0.527. The number of hydrogen-bond donors (Lipinski definition) is 1. The summed E-state index contributed by atoms with van der Waals surface area (Å²) < 4.78 is 13.5. The van der Waals surface area contributed by atoms with E-state index in [9.17, 15) is 4.79 Å². The number of hydrogen-bond acceptors (Lipinski definition) is 5. The van der Waals surface area contributed by atoms with Crippen LogP contribution in [0.2, 0.25) is 0 Å². The molecule has 3 aromatic rings. The van der Waals surface area contributed by atoms with Gasteiger partial charge in [0.15, 0.2) is 0 Å². The third-order valence-corrected chi connectivity index (χ3v) is 5.84. The molecule has 1 fully saturated rings. The van der Waals surface area contributed by atoms with Crippen LogP contribution in [-0.4, -0.2) is 52.1 Å². The van der Waals surface area contributed by atoms with Gasteiger partial charge in [-0.25, -0.2) is 9.48 Å². The van der Waals surface area contributed by atoms with Crippen LogP contribution in [-0.2, 0) is 11.3 Å². The van der Waals surface area contributed by atoms with Crippen LogP contribution in [0.5, 0.6) is 5.75 Å². The highest BCUT2D eigenvalue weighted by molar-refractivity contribution is 5.68. The van der Waals surface area contributed by atoms with Gasteiger partial charge in [0.05, 0.1) is 12.3 Å². The lowest BCUT2D eigenvalue weighted by molar-refractivity contribution is 0.0389. The van der Waals surface area contributed by atoms with Crippen LogP contribution in [0.4, 0.5) is 4.79 Å². The largest absolute Gasteiger partial charge is 0.493 e. The number of amides is 1. The first-order chi connectivity index (χ1) is 16.4. The number of aromatic nitrogens is 2. The molecule has 180 valence electrons. The fraction of sp³-hybridized carbons (Fsp3) is 0.407. The van der Waals surface area contributed by atoms with Crippen LogP contribution in [0.15, 0.2) is 73.1 Å². The van der Waals surface area contributed by atoms with Gasteiger partial charge >= 0.3 is 6.09 Å². The Bertz CT molecular complexity index is 1030. The molecular weight excluding hydrogens is 428 g/mol. The topological polar surface area (TPSA) is 68.6 Å². The van der Waals surface area contributed by atoms with Gasteiger partial charge in [0.25, 0.3) is 0 Å². The molecular formula is C27H34N4O3. The van der Waals surface area contributed by atoms with Crippen LogP contribution in [0.3, 0.4) is 0 Å². The summed E-state index contributed by atoms with van der Waals surface area (Å²) in [5.74, 6) is 0.933. The zero-order chi connectivity index (χ0) is 24.0. The fourth-order valence-electron chi connectivity index (χ4n) is 4.23. The fourth-order valence-corrected chi connectivity index (χ4v) is 4.23. The molecule has 1 aromatic heterocycles. The van der Waals surface area contributed by atoms with Gasteiger partial charge in [0.2, 0.25) is 0 Å². The van der Waals surface area contributed by atoms with Crippen molar-refractivity contribution in [3.8, 4) is 11.4 Å². The molecule has 4 rings (SSSR count). The molecule has 2 atom stereocenters. The van der Waals surface area contributed by atoms with Gasteiger partial charge in [-0.2, -0.15) is 5.10 Å². The van der Waals surface area contributed by atoms with Gasteiger partial charge in [0.1, 0.15) is 11.4 Å². The number of nitrogens with zero attached hydrogens (tertiary/aromatic N) is 3. The first-order valence-corrected chi connectivity index (χ1v) is 11.8. The molecule has 7 heteroatoms. The summed E-state index contributed by atoms with van der Waals surface area (Å²) >= 11 is 0. The van der Waals surface area contributed by atoms with Crippen LogP contribution in [0.25, 0.3) is 5.69 Å². The average Bonchev–Trinajstić information content (AvgIpc) is 3.34. The maximum absolute atomic E-state index is 12.5. The summed E-state index contributed by atoms with van der Waals surface area (Å²) in [7, 11) is 0. The van der Waals surface area contributed by atoms with Crippen LogP contribution < -0.4 is 10.1 Å². The molecule has 7 nitrogen and oxygen atoms in total. The zero-order valence-electron chi connectivity index (χ0n) is 20.2. The highest BCUT2D eigenvalue weighted by Gasteiger charge is 2.32. The minimum absolute atomic E-state index is 0.00905. The Hall–Kier alpha value is -3.32. The van der Waals surface area contributed by atoms with Crippen LogP contribution >= 0.6 is 0 Å². The second-order valence-corrected chi connectivity index (χ2v) is 9.78. The molecule has 1 saturated heterocycles. The van der Waals surface area contributed by atoms with E-state index in [1.165, 1.54) is 5.56 Å². The molecule has 0 aliphatic carbocycles. The monoisotopic (exact) mass is 462 g/mol. The van der Waals surface area contributed by atoms with Crippen molar-refractivity contribution >= 4 is 6.09 Å². The molecule has 34 heavy (non-hydrogen) atoms. The number of likely N-dealkylation sites (tertiary alicyclic amines) is 1. The van der Waals surface area contributed by atoms with E-state index in [0.29, 0.717) is 6.61 Å². The summed E-state index contributed by atoms with van der Waals surface area (Å²) in [5.41, 5.74) is 1.74. The molecule has 0 spiro atoms. The van der Waals surface area contributed by atoms with Crippen molar-refractivity contribution in [2.24, 2.45) is 5.92 Å². The van der Waals surface area contributed by atoms with E-state index >= 15 is 0 Å². The predicted molar refractivity (Wildman–Crippen MR) is 132 cm³/mol. The van der Waals surface area contributed by atoms with E-state index in [4.69, 9.17) is 9.47 Å². The molecule has 1 aliphatic heterocycles. The lowest BCUT2D eigenvalue weighted by atomic mass is 9.92. The zero-order valence-corrected chi connectivity index (χ0v) is 20.2. The van der Waals surface area contributed by atoms with Crippen LogP contribution in [0, 0.1) is 5.92 Å². The molecule has 2 aromatic carbocycles. The Morgan fingerprint density at radius 1 is 1.09 bits per heavy atom. The third-order valence-electron chi connectivity index (χ3n) is 5.84. The Morgan fingerprint density at radius 2 is 1.85 bits per heavy atom. The quantitative estimate of drug-likeness (QED) is 0.553. The van der Waals surface area contributed by atoms with Gasteiger partial charge in [-0.1, -0.05) is 30.3 Å². The lowest BCUT2D eigenvalue weighted by Crippen LogP contribution is -2.53. The van der Waals surface area contributed by atoms with Crippen LogP contribution in [0.1, 0.15) is 32.8 Å². The van der Waals surface area contributed by atoms with Gasteiger partial charge in [-0.3, -0.25) is 4.90 Å². The number of piperidine rings is 1. The standard InChI is InChI=1S/C27H34N4O3/c1-27(2,3)34-26(32)29-25-14-17-30(18-21-8-5-4-6-9-21)19-22(25)20-33-24-12-10-23(11-13-24)31-16-7-15-28-31/h4-13,15-16,22,25H,14,17-20H2,1-3H3,(H,29,32). The molecule has 2 heterocycles. The van der Waals surface area contributed by atoms with E-state index in [1.807, 2.05) is 68.0 Å². The maximum Gasteiger partial charge on any atom is 0.407 e. The number of alkyl carbamates (subject to hydrolysis) is 1. The van der Waals surface area contributed by atoms with Gasteiger partial charge in [-0.15, -0.1) is 0 Å². The average molecular weight is 463 g/mol. The second-order valence-electron chi connectivity index (χ2n) is 9.78.